The van der Waals surface area contributed by atoms with Crippen molar-refractivity contribution in [2.24, 2.45) is 5.92 Å². The molecule has 3 aromatic rings. The lowest BCUT2D eigenvalue weighted by molar-refractivity contribution is -0.139. The summed E-state index contributed by atoms with van der Waals surface area (Å²) in [5.41, 5.74) is 4.99. The van der Waals surface area contributed by atoms with Gasteiger partial charge in [-0.3, -0.25) is 19.5 Å². The highest BCUT2D eigenvalue weighted by Gasteiger charge is 2.31. The van der Waals surface area contributed by atoms with Gasteiger partial charge in [0.05, 0.1) is 11.8 Å². The monoisotopic (exact) mass is 500 g/mol. The first-order chi connectivity index (χ1) is 18.0. The van der Waals surface area contributed by atoms with Gasteiger partial charge in [0.25, 0.3) is 0 Å². The minimum Gasteiger partial charge on any atom is -0.376 e. The molecule has 2 amide bonds. The van der Waals surface area contributed by atoms with E-state index in [0.717, 1.165) is 67.6 Å². The highest BCUT2D eigenvalue weighted by molar-refractivity contribution is 5.94. The summed E-state index contributed by atoms with van der Waals surface area (Å²) in [5, 5.41) is 3.00. The first-order valence-corrected chi connectivity index (χ1v) is 13.4. The fourth-order valence-corrected chi connectivity index (χ4v) is 5.27. The van der Waals surface area contributed by atoms with Gasteiger partial charge in [0.2, 0.25) is 17.8 Å². The van der Waals surface area contributed by atoms with Gasteiger partial charge in [0.15, 0.2) is 0 Å². The summed E-state index contributed by atoms with van der Waals surface area (Å²) in [4.78, 5) is 33.2. The number of imidazole rings is 1. The van der Waals surface area contributed by atoms with Gasteiger partial charge in [-0.2, -0.15) is 0 Å². The fraction of sp³-hybridized carbons (Fsp3) is 0.433. The van der Waals surface area contributed by atoms with E-state index in [1.807, 2.05) is 54.1 Å². The Bertz CT molecular complexity index is 1220. The van der Waals surface area contributed by atoms with Crippen LogP contribution in [0.5, 0.6) is 0 Å². The maximum absolute atomic E-state index is 13.3. The molecule has 1 N–H and O–H groups in total. The van der Waals surface area contributed by atoms with E-state index >= 15 is 0 Å². The molecule has 1 aliphatic heterocycles. The first-order valence-electron chi connectivity index (χ1n) is 13.4. The molecule has 0 unspecified atom stereocenters. The number of rotatable bonds is 8. The number of aromatic nitrogens is 2. The molecule has 1 saturated heterocycles. The topological polar surface area (TPSA) is 76.5 Å². The predicted octanol–water partition coefficient (Wildman–Crippen LogP) is 5.29. The van der Waals surface area contributed by atoms with E-state index in [0.29, 0.717) is 12.5 Å². The third-order valence-corrected chi connectivity index (χ3v) is 7.42. The highest BCUT2D eigenvalue weighted by Crippen LogP contribution is 2.28. The van der Waals surface area contributed by atoms with Crippen LogP contribution in [0.4, 0.5) is 5.95 Å². The van der Waals surface area contributed by atoms with Gasteiger partial charge in [-0.05, 0) is 51.7 Å². The number of benzene rings is 2. The first kappa shape index (κ1) is 25.2. The zero-order chi connectivity index (χ0) is 25.8. The van der Waals surface area contributed by atoms with E-state index < -0.39 is 0 Å². The lowest BCUT2D eigenvalue weighted by atomic mass is 10.1. The summed E-state index contributed by atoms with van der Waals surface area (Å²) in [6, 6.07) is 16.3. The molecule has 1 aliphatic carbocycles. The number of amides is 2. The Hall–Kier alpha value is -3.45. The molecule has 194 valence electrons. The summed E-state index contributed by atoms with van der Waals surface area (Å²) >= 11 is 0. The van der Waals surface area contributed by atoms with Crippen molar-refractivity contribution in [3.05, 3.63) is 65.9 Å². The number of carbonyl (C=O) groups is 2. The largest absolute Gasteiger partial charge is 0.376 e. The lowest BCUT2D eigenvalue weighted by Crippen LogP contribution is -2.44. The van der Waals surface area contributed by atoms with Crippen LogP contribution in [0.15, 0.2) is 54.7 Å². The Morgan fingerprint density at radius 2 is 1.65 bits per heavy atom. The Balaban J connectivity index is 1.38. The van der Waals surface area contributed by atoms with Gasteiger partial charge in [-0.25, -0.2) is 4.98 Å². The van der Waals surface area contributed by atoms with Crippen LogP contribution in [-0.2, 0) is 14.3 Å². The number of ether oxygens (including phenoxy) is 1. The van der Waals surface area contributed by atoms with Crippen molar-refractivity contribution < 1.29 is 14.3 Å². The van der Waals surface area contributed by atoms with Crippen molar-refractivity contribution in [1.82, 2.24) is 14.5 Å². The van der Waals surface area contributed by atoms with E-state index in [1.54, 1.807) is 4.90 Å². The molecule has 7 heteroatoms. The van der Waals surface area contributed by atoms with Gasteiger partial charge in [0, 0.05) is 36.5 Å². The minimum absolute atomic E-state index is 0.000776. The molecule has 2 heterocycles. The molecule has 1 aromatic heterocycles. The zero-order valence-corrected chi connectivity index (χ0v) is 21.8. The average Bonchev–Trinajstić information content (AvgIpc) is 3.67. The number of aryl methyl sites for hydroxylation is 2. The summed E-state index contributed by atoms with van der Waals surface area (Å²) in [6.07, 6.45) is 7.82. The Morgan fingerprint density at radius 3 is 2.30 bits per heavy atom. The van der Waals surface area contributed by atoms with Crippen LogP contribution >= 0.6 is 0 Å². The maximum Gasteiger partial charge on any atom is 0.246 e. The molecule has 2 fully saturated rings. The van der Waals surface area contributed by atoms with Gasteiger partial charge >= 0.3 is 0 Å². The van der Waals surface area contributed by atoms with Crippen LogP contribution < -0.4 is 5.32 Å². The van der Waals surface area contributed by atoms with Crippen molar-refractivity contribution in [1.29, 1.82) is 0 Å². The second-order valence-electron chi connectivity index (χ2n) is 10.4. The molecule has 7 nitrogen and oxygen atoms in total. The van der Waals surface area contributed by atoms with Crippen LogP contribution in [0.3, 0.4) is 0 Å². The Morgan fingerprint density at radius 1 is 0.973 bits per heavy atom. The molecular weight excluding hydrogens is 464 g/mol. The number of carbonyl (C=O) groups excluding carboxylic acids is 2. The molecular formula is C30H36N4O3. The van der Waals surface area contributed by atoms with Crippen LogP contribution in [-0.4, -0.2) is 52.1 Å². The normalized spacial score (nSPS) is 17.7. The Kier molecular flexibility index (Phi) is 7.70. The van der Waals surface area contributed by atoms with Gasteiger partial charge in [-0.15, -0.1) is 0 Å². The quantitative estimate of drug-likeness (QED) is 0.456. The fourth-order valence-electron chi connectivity index (χ4n) is 5.27. The molecule has 1 saturated carbocycles. The third-order valence-electron chi connectivity index (χ3n) is 7.42. The van der Waals surface area contributed by atoms with E-state index in [9.17, 15) is 9.59 Å². The molecule has 37 heavy (non-hydrogen) atoms. The molecule has 0 spiro atoms. The summed E-state index contributed by atoms with van der Waals surface area (Å²) in [6.45, 7) is 5.27. The highest BCUT2D eigenvalue weighted by atomic mass is 16.5. The molecule has 0 radical (unpaired) electrons. The molecule has 5 rings (SSSR count). The number of nitrogens with zero attached hydrogens (tertiary/aromatic N) is 3. The second-order valence-corrected chi connectivity index (χ2v) is 10.4. The van der Waals surface area contributed by atoms with Gasteiger partial charge < -0.3 is 9.64 Å². The summed E-state index contributed by atoms with van der Waals surface area (Å²) in [5.74, 6) is 0.274. The van der Waals surface area contributed by atoms with Gasteiger partial charge in [0.1, 0.15) is 6.54 Å². The third kappa shape index (κ3) is 6.10. The zero-order valence-electron chi connectivity index (χ0n) is 21.8. The van der Waals surface area contributed by atoms with E-state index in [-0.39, 0.29) is 30.4 Å². The number of hydrogen-bond donors (Lipinski definition) is 1. The molecule has 0 bridgehead atoms. The van der Waals surface area contributed by atoms with Crippen LogP contribution in [0.25, 0.3) is 16.9 Å². The smallest absolute Gasteiger partial charge is 0.246 e. The standard InChI is InChI=1S/C30H36N4O3/c1-21-9-13-23(14-10-21)27-19-34(25-15-11-22(2)12-16-25)30(31-27)32-28(35)20-33(18-26-8-5-17-37-26)29(36)24-6-3-4-7-24/h9-16,19,24,26H,3-8,17-18,20H2,1-2H3,(H,31,32,35)/t26-/m0/s1. The summed E-state index contributed by atoms with van der Waals surface area (Å²) in [7, 11) is 0. The van der Waals surface area contributed by atoms with Crippen molar-refractivity contribution in [2.45, 2.75) is 58.5 Å². The molecule has 2 aromatic carbocycles. The van der Waals surface area contributed by atoms with Crippen LogP contribution in [0.1, 0.15) is 49.7 Å². The molecule has 1 atom stereocenters. The summed E-state index contributed by atoms with van der Waals surface area (Å²) < 4.78 is 7.70. The average molecular weight is 501 g/mol. The van der Waals surface area contributed by atoms with E-state index in [4.69, 9.17) is 9.72 Å². The predicted molar refractivity (Wildman–Crippen MR) is 145 cm³/mol. The number of anilines is 1. The second kappa shape index (κ2) is 11.3. The van der Waals surface area contributed by atoms with Crippen LogP contribution in [0, 0.1) is 19.8 Å². The van der Waals surface area contributed by atoms with Crippen molar-refractivity contribution in [3.8, 4) is 16.9 Å². The van der Waals surface area contributed by atoms with E-state index in [1.165, 1.54) is 5.56 Å². The Labute approximate surface area is 218 Å². The van der Waals surface area contributed by atoms with Crippen molar-refractivity contribution >= 4 is 17.8 Å². The van der Waals surface area contributed by atoms with Crippen molar-refractivity contribution in [2.75, 3.05) is 25.0 Å². The number of nitrogens with one attached hydrogen (secondary N) is 1. The maximum atomic E-state index is 13.3. The van der Waals surface area contributed by atoms with Crippen molar-refractivity contribution in [3.63, 3.8) is 0 Å². The lowest BCUT2D eigenvalue weighted by Gasteiger charge is -2.27. The van der Waals surface area contributed by atoms with Crippen LogP contribution in [0.2, 0.25) is 0 Å². The van der Waals surface area contributed by atoms with E-state index in [2.05, 4.69) is 24.4 Å². The minimum atomic E-state index is -0.251. The SMILES string of the molecule is Cc1ccc(-c2cn(-c3ccc(C)cc3)c(NC(=O)CN(C[C@@H]3CCCO3)C(=O)C3CCCC3)n2)cc1. The molecule has 2 aliphatic rings. The number of hydrogen-bond acceptors (Lipinski definition) is 4. The van der Waals surface area contributed by atoms with Gasteiger partial charge in [-0.1, -0.05) is 60.4 Å².